The summed E-state index contributed by atoms with van der Waals surface area (Å²) >= 11 is 0. The summed E-state index contributed by atoms with van der Waals surface area (Å²) in [6.07, 6.45) is 3.19. The van der Waals surface area contributed by atoms with Gasteiger partial charge in [-0.15, -0.1) is 0 Å². The van der Waals surface area contributed by atoms with Crippen LogP contribution in [-0.2, 0) is 4.74 Å². The first-order valence-electron chi connectivity index (χ1n) is 10.8. The lowest BCUT2D eigenvalue weighted by Gasteiger charge is -2.10. The molecule has 4 aromatic heterocycles. The van der Waals surface area contributed by atoms with E-state index < -0.39 is 11.5 Å². The number of benzene rings is 1. The molecule has 0 bridgehead atoms. The fraction of sp³-hybridized carbons (Fsp3) is 0.160. The first-order valence-corrected chi connectivity index (χ1v) is 10.8. The normalized spacial score (nSPS) is 11.3. The molecule has 0 saturated heterocycles. The minimum absolute atomic E-state index is 0.133. The standard InChI is InChI=1S/C25H21N5O4/c1-4-34-25(33)21-15(3)27-28-22(21)30-11-9-20-18(24(30)32)13-17-19(26-20)8-10-29(23(17)31)16-7-5-6-14(2)12-16/h5-13H,4H2,1-3H3,(H,27,28). The van der Waals surface area contributed by atoms with E-state index in [9.17, 15) is 14.4 Å². The van der Waals surface area contributed by atoms with Gasteiger partial charge >= 0.3 is 5.97 Å². The van der Waals surface area contributed by atoms with Crippen molar-refractivity contribution in [2.75, 3.05) is 6.61 Å². The van der Waals surface area contributed by atoms with Crippen LogP contribution in [-0.4, -0.2) is 36.9 Å². The average molecular weight is 455 g/mol. The van der Waals surface area contributed by atoms with Gasteiger partial charge in [0, 0.05) is 23.8 Å². The quantitative estimate of drug-likeness (QED) is 0.329. The molecular weight excluding hydrogens is 434 g/mol. The molecule has 0 fully saturated rings. The van der Waals surface area contributed by atoms with Crippen molar-refractivity contribution in [1.29, 1.82) is 0 Å². The number of fused-ring (bicyclic) bond motifs is 2. The second-order valence-corrected chi connectivity index (χ2v) is 7.94. The van der Waals surface area contributed by atoms with Crippen molar-refractivity contribution >= 4 is 27.8 Å². The molecular formula is C25H21N5O4. The number of aromatic amines is 1. The molecule has 0 aliphatic carbocycles. The van der Waals surface area contributed by atoms with Gasteiger partial charge in [-0.05, 0) is 56.7 Å². The minimum atomic E-state index is -0.576. The number of carbonyl (C=O) groups is 1. The van der Waals surface area contributed by atoms with E-state index in [1.165, 1.54) is 15.3 Å². The van der Waals surface area contributed by atoms with Gasteiger partial charge in [0.25, 0.3) is 11.1 Å². The number of ether oxygens (including phenoxy) is 1. The van der Waals surface area contributed by atoms with Crippen molar-refractivity contribution in [3.05, 3.63) is 92.4 Å². The van der Waals surface area contributed by atoms with Crippen molar-refractivity contribution in [3.8, 4) is 11.5 Å². The number of hydrogen-bond acceptors (Lipinski definition) is 6. The van der Waals surface area contributed by atoms with E-state index in [1.54, 1.807) is 38.2 Å². The van der Waals surface area contributed by atoms with E-state index in [0.29, 0.717) is 22.1 Å². The molecule has 1 aromatic carbocycles. The third-order valence-electron chi connectivity index (χ3n) is 5.66. The number of hydrogen-bond donors (Lipinski definition) is 1. The first kappa shape index (κ1) is 21.3. The number of aromatic nitrogens is 5. The van der Waals surface area contributed by atoms with E-state index >= 15 is 0 Å². The number of carbonyl (C=O) groups excluding carboxylic acids is 1. The summed E-state index contributed by atoms with van der Waals surface area (Å²) in [6.45, 7) is 5.53. The Balaban J connectivity index is 1.73. The Bertz CT molecular complexity index is 1710. The lowest BCUT2D eigenvalue weighted by Crippen LogP contribution is -2.22. The molecule has 0 atom stereocenters. The lowest BCUT2D eigenvalue weighted by atomic mass is 10.1. The Morgan fingerprint density at radius 1 is 0.971 bits per heavy atom. The Morgan fingerprint density at radius 2 is 1.65 bits per heavy atom. The summed E-state index contributed by atoms with van der Waals surface area (Å²) in [7, 11) is 0. The molecule has 1 N–H and O–H groups in total. The molecule has 0 spiro atoms. The van der Waals surface area contributed by atoms with Crippen molar-refractivity contribution in [2.45, 2.75) is 20.8 Å². The van der Waals surface area contributed by atoms with Crippen LogP contribution in [0.3, 0.4) is 0 Å². The minimum Gasteiger partial charge on any atom is -0.462 e. The highest BCUT2D eigenvalue weighted by Gasteiger charge is 2.22. The Morgan fingerprint density at radius 3 is 2.32 bits per heavy atom. The maximum absolute atomic E-state index is 13.4. The zero-order chi connectivity index (χ0) is 24.0. The molecule has 0 aliphatic heterocycles. The molecule has 34 heavy (non-hydrogen) atoms. The average Bonchev–Trinajstić information content (AvgIpc) is 3.20. The summed E-state index contributed by atoms with van der Waals surface area (Å²) < 4.78 is 7.91. The number of pyridine rings is 3. The Kier molecular flexibility index (Phi) is 5.09. The van der Waals surface area contributed by atoms with Gasteiger partial charge in [0.2, 0.25) is 0 Å². The van der Waals surface area contributed by atoms with Gasteiger partial charge in [-0.25, -0.2) is 9.78 Å². The smallest absolute Gasteiger partial charge is 0.343 e. The van der Waals surface area contributed by atoms with E-state index in [4.69, 9.17) is 4.74 Å². The SMILES string of the molecule is CCOC(=O)c1c(-n2ccc3nc4ccn(-c5cccc(C)c5)c(=O)c4cc3c2=O)n[nH]c1C. The third kappa shape index (κ3) is 3.38. The number of nitrogens with zero attached hydrogens (tertiary/aromatic N) is 4. The largest absolute Gasteiger partial charge is 0.462 e. The molecule has 0 saturated carbocycles. The lowest BCUT2D eigenvalue weighted by molar-refractivity contribution is 0.0525. The summed E-state index contributed by atoms with van der Waals surface area (Å²) in [5.74, 6) is -0.443. The number of H-pyrrole nitrogens is 1. The van der Waals surface area contributed by atoms with Crippen LogP contribution in [0.25, 0.3) is 33.3 Å². The van der Waals surface area contributed by atoms with Gasteiger partial charge in [0.05, 0.1) is 28.4 Å². The number of rotatable bonds is 4. The van der Waals surface area contributed by atoms with Gasteiger partial charge in [-0.3, -0.25) is 23.8 Å². The second kappa shape index (κ2) is 8.11. The highest BCUT2D eigenvalue weighted by molar-refractivity contribution is 5.95. The van der Waals surface area contributed by atoms with Crippen molar-refractivity contribution in [3.63, 3.8) is 0 Å². The third-order valence-corrected chi connectivity index (χ3v) is 5.66. The Hall–Kier alpha value is -4.53. The first-order chi connectivity index (χ1) is 16.4. The molecule has 0 aliphatic rings. The van der Waals surface area contributed by atoms with E-state index in [-0.39, 0.29) is 28.9 Å². The van der Waals surface area contributed by atoms with Gasteiger partial charge in [0.15, 0.2) is 5.82 Å². The van der Waals surface area contributed by atoms with Crippen LogP contribution < -0.4 is 11.1 Å². The van der Waals surface area contributed by atoms with Crippen molar-refractivity contribution in [1.82, 2.24) is 24.3 Å². The van der Waals surface area contributed by atoms with Gasteiger partial charge in [-0.1, -0.05) is 12.1 Å². The number of aryl methyl sites for hydroxylation is 2. The topological polar surface area (TPSA) is 112 Å². The van der Waals surface area contributed by atoms with Crippen LogP contribution in [0.4, 0.5) is 0 Å². The zero-order valence-corrected chi connectivity index (χ0v) is 18.8. The molecule has 9 nitrogen and oxygen atoms in total. The highest BCUT2D eigenvalue weighted by atomic mass is 16.5. The second-order valence-electron chi connectivity index (χ2n) is 7.94. The molecule has 0 radical (unpaired) electrons. The molecule has 5 aromatic rings. The summed E-state index contributed by atoms with van der Waals surface area (Å²) in [5, 5.41) is 7.44. The predicted molar refractivity (Wildman–Crippen MR) is 128 cm³/mol. The number of esters is 1. The van der Waals surface area contributed by atoms with Crippen LogP contribution in [0.15, 0.2) is 64.4 Å². The summed E-state index contributed by atoms with van der Waals surface area (Å²) in [4.78, 5) is 43.7. The predicted octanol–water partition coefficient (Wildman–Crippen LogP) is 3.21. The maximum atomic E-state index is 13.4. The van der Waals surface area contributed by atoms with Gasteiger partial charge < -0.3 is 4.74 Å². The molecule has 0 amide bonds. The number of nitrogens with one attached hydrogen (secondary N) is 1. The van der Waals surface area contributed by atoms with E-state index in [1.807, 2.05) is 31.2 Å². The van der Waals surface area contributed by atoms with Crippen molar-refractivity contribution < 1.29 is 9.53 Å². The highest BCUT2D eigenvalue weighted by Crippen LogP contribution is 2.19. The summed E-state index contributed by atoms with van der Waals surface area (Å²) in [5.41, 5.74) is 2.61. The van der Waals surface area contributed by atoms with E-state index in [0.717, 1.165) is 11.3 Å². The van der Waals surface area contributed by atoms with Gasteiger partial charge in [0.1, 0.15) is 5.56 Å². The summed E-state index contributed by atoms with van der Waals surface area (Å²) in [6, 6.07) is 12.5. The Labute approximate surface area is 193 Å². The fourth-order valence-corrected chi connectivity index (χ4v) is 4.01. The molecule has 5 rings (SSSR count). The maximum Gasteiger partial charge on any atom is 0.343 e. The fourth-order valence-electron chi connectivity index (χ4n) is 4.01. The van der Waals surface area contributed by atoms with Crippen LogP contribution in [0.2, 0.25) is 0 Å². The van der Waals surface area contributed by atoms with Crippen molar-refractivity contribution in [2.24, 2.45) is 0 Å². The molecule has 0 unspecified atom stereocenters. The van der Waals surface area contributed by atoms with Gasteiger partial charge in [-0.2, -0.15) is 5.10 Å². The monoisotopic (exact) mass is 455 g/mol. The van der Waals surface area contributed by atoms with Crippen LogP contribution in [0, 0.1) is 13.8 Å². The van der Waals surface area contributed by atoms with Crippen LogP contribution >= 0.6 is 0 Å². The molecule has 170 valence electrons. The zero-order valence-electron chi connectivity index (χ0n) is 18.8. The van der Waals surface area contributed by atoms with Crippen LogP contribution in [0.1, 0.15) is 28.5 Å². The van der Waals surface area contributed by atoms with E-state index in [2.05, 4.69) is 15.2 Å². The molecule has 4 heterocycles. The van der Waals surface area contributed by atoms with Crippen LogP contribution in [0.5, 0.6) is 0 Å². The molecule has 9 heteroatoms.